The minimum Gasteiger partial charge on any atom is -0.0754 e. The molecular weight excluding hydrogens is 516 g/mol. The molecule has 0 amide bonds. The SMILES string of the molecule is CC1C=c2c(c3ccccc3c3c2c2c4ccccc4c4ccccc4c2c2c4ccccc4c4ccccc4c32)=CC1. The van der Waals surface area contributed by atoms with E-state index in [4.69, 9.17) is 0 Å². The molecule has 10 rings (SSSR count). The molecule has 0 saturated carbocycles. The van der Waals surface area contributed by atoms with Gasteiger partial charge < -0.3 is 0 Å². The highest BCUT2D eigenvalue weighted by Crippen LogP contribution is 2.49. The van der Waals surface area contributed by atoms with Gasteiger partial charge in [0.15, 0.2) is 0 Å². The Morgan fingerprint density at radius 2 is 0.651 bits per heavy atom. The van der Waals surface area contributed by atoms with Gasteiger partial charge in [0.2, 0.25) is 0 Å². The van der Waals surface area contributed by atoms with Crippen LogP contribution in [0.4, 0.5) is 0 Å². The lowest BCUT2D eigenvalue weighted by atomic mass is 9.80. The van der Waals surface area contributed by atoms with Gasteiger partial charge in [-0.3, -0.25) is 0 Å². The van der Waals surface area contributed by atoms with E-state index in [-0.39, 0.29) is 0 Å². The second kappa shape index (κ2) is 8.43. The number of fused-ring (bicyclic) bond motifs is 21. The van der Waals surface area contributed by atoms with E-state index in [0.717, 1.165) is 6.42 Å². The van der Waals surface area contributed by atoms with Crippen LogP contribution in [0.3, 0.4) is 0 Å². The van der Waals surface area contributed by atoms with Crippen LogP contribution in [0.15, 0.2) is 121 Å². The van der Waals surface area contributed by atoms with Crippen molar-refractivity contribution >= 4 is 98.3 Å². The lowest BCUT2D eigenvalue weighted by molar-refractivity contribution is 0.802. The largest absolute Gasteiger partial charge is 0.0754 e. The summed E-state index contributed by atoms with van der Waals surface area (Å²) < 4.78 is 0. The van der Waals surface area contributed by atoms with Crippen LogP contribution in [-0.4, -0.2) is 0 Å². The molecular formula is C43H28. The molecule has 0 N–H and O–H groups in total. The first-order valence-corrected chi connectivity index (χ1v) is 15.4. The maximum atomic E-state index is 2.56. The molecule has 9 aromatic rings. The summed E-state index contributed by atoms with van der Waals surface area (Å²) in [6, 6.07) is 45.4. The van der Waals surface area contributed by atoms with Crippen LogP contribution >= 0.6 is 0 Å². The van der Waals surface area contributed by atoms with Gasteiger partial charge in [0, 0.05) is 0 Å². The van der Waals surface area contributed by atoms with E-state index in [1.165, 1.54) is 96.6 Å². The van der Waals surface area contributed by atoms with Crippen LogP contribution < -0.4 is 10.4 Å². The molecule has 1 aliphatic carbocycles. The first-order chi connectivity index (χ1) is 21.3. The van der Waals surface area contributed by atoms with Crippen LogP contribution in [0.25, 0.3) is 98.3 Å². The summed E-state index contributed by atoms with van der Waals surface area (Å²) >= 11 is 0. The fourth-order valence-corrected chi connectivity index (χ4v) is 8.38. The van der Waals surface area contributed by atoms with Gasteiger partial charge in [-0.15, -0.1) is 0 Å². The second-order valence-electron chi connectivity index (χ2n) is 12.4. The van der Waals surface area contributed by atoms with Crippen molar-refractivity contribution in [3.05, 3.63) is 132 Å². The molecule has 0 bridgehead atoms. The topological polar surface area (TPSA) is 0 Å². The molecule has 0 heteroatoms. The first-order valence-electron chi connectivity index (χ1n) is 15.4. The van der Waals surface area contributed by atoms with E-state index >= 15 is 0 Å². The quantitative estimate of drug-likeness (QED) is 0.167. The fourth-order valence-electron chi connectivity index (χ4n) is 8.38. The molecule has 0 fully saturated rings. The fraction of sp³-hybridized carbons (Fsp3) is 0.0698. The molecule has 1 atom stereocenters. The van der Waals surface area contributed by atoms with Crippen molar-refractivity contribution in [3.63, 3.8) is 0 Å². The predicted octanol–water partition coefficient (Wildman–Crippen LogP) is 10.5. The second-order valence-corrected chi connectivity index (χ2v) is 12.4. The van der Waals surface area contributed by atoms with E-state index in [1.807, 2.05) is 0 Å². The average molecular weight is 545 g/mol. The summed E-state index contributed by atoms with van der Waals surface area (Å²) in [5.41, 5.74) is 0. The van der Waals surface area contributed by atoms with E-state index in [1.54, 1.807) is 0 Å². The van der Waals surface area contributed by atoms with E-state index in [9.17, 15) is 0 Å². The zero-order valence-corrected chi connectivity index (χ0v) is 24.0. The average Bonchev–Trinajstić information content (AvgIpc) is 3.07. The molecule has 9 aromatic carbocycles. The summed E-state index contributed by atoms with van der Waals surface area (Å²) in [7, 11) is 0. The molecule has 1 aliphatic rings. The smallest absolute Gasteiger partial charge is 0.000718 e. The van der Waals surface area contributed by atoms with Gasteiger partial charge >= 0.3 is 0 Å². The van der Waals surface area contributed by atoms with E-state index in [0.29, 0.717) is 5.92 Å². The Labute approximate surface area is 248 Å². The van der Waals surface area contributed by atoms with Crippen LogP contribution in [0.5, 0.6) is 0 Å². The molecule has 0 radical (unpaired) electrons. The van der Waals surface area contributed by atoms with Gasteiger partial charge in [0.1, 0.15) is 0 Å². The van der Waals surface area contributed by atoms with Gasteiger partial charge in [-0.05, 0) is 109 Å². The third-order valence-electron chi connectivity index (χ3n) is 10.1. The number of rotatable bonds is 0. The Morgan fingerprint density at radius 1 is 0.349 bits per heavy atom. The summed E-state index contributed by atoms with van der Waals surface area (Å²) in [6.45, 7) is 2.36. The van der Waals surface area contributed by atoms with Gasteiger partial charge in [0.25, 0.3) is 0 Å². The Balaban J connectivity index is 1.76. The molecule has 43 heavy (non-hydrogen) atoms. The van der Waals surface area contributed by atoms with Crippen molar-refractivity contribution in [1.82, 2.24) is 0 Å². The molecule has 0 saturated heterocycles. The molecule has 0 spiro atoms. The van der Waals surface area contributed by atoms with Gasteiger partial charge in [0.05, 0.1) is 0 Å². The van der Waals surface area contributed by atoms with E-state index < -0.39 is 0 Å². The lowest BCUT2D eigenvalue weighted by Gasteiger charge is -2.22. The summed E-state index contributed by atoms with van der Waals surface area (Å²) in [5.74, 6) is 0.489. The van der Waals surface area contributed by atoms with E-state index in [2.05, 4.69) is 140 Å². The first kappa shape index (κ1) is 23.4. The van der Waals surface area contributed by atoms with Gasteiger partial charge in [-0.1, -0.05) is 140 Å². The molecule has 0 aromatic heterocycles. The van der Waals surface area contributed by atoms with Crippen molar-refractivity contribution in [2.75, 3.05) is 0 Å². The van der Waals surface area contributed by atoms with Crippen LogP contribution in [-0.2, 0) is 0 Å². The number of benzene rings is 9. The van der Waals surface area contributed by atoms with Crippen LogP contribution in [0.2, 0.25) is 0 Å². The number of hydrogen-bond acceptors (Lipinski definition) is 0. The molecule has 1 unspecified atom stereocenters. The van der Waals surface area contributed by atoms with Crippen molar-refractivity contribution < 1.29 is 0 Å². The molecule has 0 heterocycles. The highest BCUT2D eigenvalue weighted by atomic mass is 14.3. The van der Waals surface area contributed by atoms with Crippen LogP contribution in [0.1, 0.15) is 13.3 Å². The normalized spacial score (nSPS) is 15.1. The molecule has 200 valence electrons. The third kappa shape index (κ3) is 2.96. The predicted molar refractivity (Wildman–Crippen MR) is 188 cm³/mol. The summed E-state index contributed by atoms with van der Waals surface area (Å²) in [6.07, 6.45) is 6.13. The maximum absolute atomic E-state index is 2.56. The van der Waals surface area contributed by atoms with Gasteiger partial charge in [-0.25, -0.2) is 0 Å². The Bertz CT molecular complexity index is 2750. The summed E-state index contributed by atoms with van der Waals surface area (Å²) in [5, 5.41) is 24.4. The zero-order chi connectivity index (χ0) is 28.2. The molecule has 0 nitrogen and oxygen atoms in total. The van der Waals surface area contributed by atoms with Crippen molar-refractivity contribution in [2.24, 2.45) is 5.92 Å². The highest BCUT2D eigenvalue weighted by molar-refractivity contribution is 6.48. The minimum atomic E-state index is 0.489. The minimum absolute atomic E-state index is 0.489. The maximum Gasteiger partial charge on any atom is -0.000718 e. The highest BCUT2D eigenvalue weighted by Gasteiger charge is 2.23. The standard InChI is InChI=1S/C43H28/c1-25-22-23-31-30-16-6-11-21-36(30)42-40-33-18-8-3-13-27(33)26-12-2-7-17-32(26)38(40)39-34-19-9-4-14-28(34)29-15-5-10-20-35(29)41(39)43(42)37(31)24-25/h2-21,23-25H,22H2,1H3. The summed E-state index contributed by atoms with van der Waals surface area (Å²) in [4.78, 5) is 0. The van der Waals surface area contributed by atoms with Crippen LogP contribution in [0, 0.1) is 5.92 Å². The monoisotopic (exact) mass is 544 g/mol. The van der Waals surface area contributed by atoms with Crippen molar-refractivity contribution in [1.29, 1.82) is 0 Å². The molecule has 0 aliphatic heterocycles. The lowest BCUT2D eigenvalue weighted by Crippen LogP contribution is -2.30. The van der Waals surface area contributed by atoms with Crippen molar-refractivity contribution in [3.8, 4) is 0 Å². The number of hydrogen-bond donors (Lipinski definition) is 0. The van der Waals surface area contributed by atoms with Gasteiger partial charge in [-0.2, -0.15) is 0 Å². The Kier molecular flexibility index (Phi) is 4.58. The Hall–Kier alpha value is -5.20. The van der Waals surface area contributed by atoms with Crippen molar-refractivity contribution in [2.45, 2.75) is 13.3 Å². The third-order valence-corrected chi connectivity index (χ3v) is 10.1. The zero-order valence-electron chi connectivity index (χ0n) is 24.0. The Morgan fingerprint density at radius 3 is 1.05 bits per heavy atom.